The Kier molecular flexibility index (Phi) is 6.00. The minimum atomic E-state index is -4.60. The number of anilines is 1. The lowest BCUT2D eigenvalue weighted by Gasteiger charge is -2.38. The number of fused-ring (bicyclic) bond motifs is 1. The maximum atomic E-state index is 14.7. The number of nitrogens with one attached hydrogen (secondary N) is 2. The molecule has 1 saturated heterocycles. The van der Waals surface area contributed by atoms with Crippen LogP contribution in [0.15, 0.2) is 30.5 Å². The van der Waals surface area contributed by atoms with Crippen LogP contribution in [0.5, 0.6) is 0 Å². The number of pyridine rings is 1. The summed E-state index contributed by atoms with van der Waals surface area (Å²) in [4.78, 5) is 30.7. The third-order valence-corrected chi connectivity index (χ3v) is 6.07. The van der Waals surface area contributed by atoms with Gasteiger partial charge in [-0.15, -0.1) is 0 Å². The van der Waals surface area contributed by atoms with E-state index in [1.54, 1.807) is 22.3 Å². The van der Waals surface area contributed by atoms with Crippen molar-refractivity contribution in [1.82, 2.24) is 25.0 Å². The Morgan fingerprint density at radius 1 is 1.11 bits per heavy atom. The summed E-state index contributed by atoms with van der Waals surface area (Å²) >= 11 is 0. The van der Waals surface area contributed by atoms with Gasteiger partial charge in [0.15, 0.2) is 0 Å². The van der Waals surface area contributed by atoms with Crippen LogP contribution in [0.3, 0.4) is 0 Å². The van der Waals surface area contributed by atoms with Gasteiger partial charge < -0.3 is 15.5 Å². The first-order valence-electron chi connectivity index (χ1n) is 11.3. The van der Waals surface area contributed by atoms with Crippen LogP contribution in [0.1, 0.15) is 34.8 Å². The lowest BCUT2D eigenvalue weighted by molar-refractivity contribution is -0.138. The van der Waals surface area contributed by atoms with Gasteiger partial charge in [0, 0.05) is 48.9 Å². The van der Waals surface area contributed by atoms with E-state index in [0.29, 0.717) is 23.5 Å². The molecule has 3 aromatic rings. The zero-order valence-corrected chi connectivity index (χ0v) is 18.8. The number of nitrogens with zero attached hydrogens (tertiary/aromatic N) is 4. The van der Waals surface area contributed by atoms with Gasteiger partial charge in [-0.1, -0.05) is 0 Å². The number of amides is 2. The van der Waals surface area contributed by atoms with Crippen LogP contribution in [-0.2, 0) is 11.3 Å². The van der Waals surface area contributed by atoms with Gasteiger partial charge in [-0.3, -0.25) is 14.3 Å². The van der Waals surface area contributed by atoms with Crippen LogP contribution < -0.4 is 10.6 Å². The molecule has 3 heterocycles. The number of alkyl halides is 3. The molecule has 190 valence electrons. The number of aromatic nitrogens is 3. The van der Waals surface area contributed by atoms with Crippen molar-refractivity contribution in [2.45, 2.75) is 37.5 Å². The summed E-state index contributed by atoms with van der Waals surface area (Å²) in [7, 11) is 0. The fourth-order valence-electron chi connectivity index (χ4n) is 4.13. The van der Waals surface area contributed by atoms with Crippen molar-refractivity contribution in [2.75, 3.05) is 25.0 Å². The molecule has 0 atom stereocenters. The Hall–Kier alpha value is -3.77. The highest BCUT2D eigenvalue weighted by Gasteiger charge is 2.37. The maximum absolute atomic E-state index is 14.7. The van der Waals surface area contributed by atoms with E-state index in [0.717, 1.165) is 23.6 Å². The van der Waals surface area contributed by atoms with Gasteiger partial charge in [-0.2, -0.15) is 18.3 Å². The number of carbonyl (C=O) groups excluding carboxylic acids is 2. The Morgan fingerprint density at radius 2 is 1.86 bits per heavy atom. The van der Waals surface area contributed by atoms with Crippen molar-refractivity contribution in [2.24, 2.45) is 0 Å². The quantitative estimate of drug-likeness (QED) is 0.479. The molecule has 0 radical (unpaired) electrons. The molecule has 1 aliphatic heterocycles. The molecule has 1 aromatic carbocycles. The van der Waals surface area contributed by atoms with E-state index >= 15 is 0 Å². The van der Waals surface area contributed by atoms with Crippen LogP contribution in [0.4, 0.5) is 27.8 Å². The Balaban J connectivity index is 1.32. The molecule has 2 aliphatic rings. The Morgan fingerprint density at radius 3 is 2.56 bits per heavy atom. The minimum absolute atomic E-state index is 0.0306. The Bertz CT molecular complexity index is 1330. The predicted octanol–water partition coefficient (Wildman–Crippen LogP) is 3.20. The van der Waals surface area contributed by atoms with E-state index in [4.69, 9.17) is 0 Å². The van der Waals surface area contributed by atoms with E-state index in [1.165, 1.54) is 6.20 Å². The average Bonchev–Trinajstić information content (AvgIpc) is 3.52. The highest BCUT2D eigenvalue weighted by atomic mass is 19.4. The number of likely N-dealkylation sites (tertiary alicyclic amines) is 1. The van der Waals surface area contributed by atoms with Crippen molar-refractivity contribution in [3.63, 3.8) is 0 Å². The summed E-state index contributed by atoms with van der Waals surface area (Å²) in [5, 5.41) is 9.14. The molecule has 2 N–H and O–H groups in total. The maximum Gasteiger partial charge on any atom is 0.405 e. The lowest BCUT2D eigenvalue weighted by atomic mass is 9.93. The number of carbonyl (C=O) groups is 2. The van der Waals surface area contributed by atoms with Crippen LogP contribution >= 0.6 is 0 Å². The van der Waals surface area contributed by atoms with Crippen molar-refractivity contribution >= 4 is 28.5 Å². The normalized spacial score (nSPS) is 16.2. The standard InChI is InChI=1S/C23H21F5N6O2/c24-14-6-16(25)20-17(7-14)34(10-19(35)30-11-23(26,27)28)32-21(20)13-8-33(9-13)22(36)12-3-4-29-18(5-12)31-15-1-2-15/h3-7,13,15H,1-2,8-11H2,(H,29,31)(H,30,35). The summed E-state index contributed by atoms with van der Waals surface area (Å²) < 4.78 is 66.8. The molecule has 36 heavy (non-hydrogen) atoms. The van der Waals surface area contributed by atoms with Gasteiger partial charge in [0.1, 0.15) is 30.5 Å². The molecule has 1 aliphatic carbocycles. The highest BCUT2D eigenvalue weighted by molar-refractivity contribution is 5.95. The molecule has 13 heteroatoms. The number of benzene rings is 1. The fraction of sp³-hybridized carbons (Fsp3) is 0.391. The summed E-state index contributed by atoms with van der Waals surface area (Å²) in [6, 6.07) is 5.28. The predicted molar refractivity (Wildman–Crippen MR) is 118 cm³/mol. The number of halogens is 5. The second kappa shape index (κ2) is 9.03. The van der Waals surface area contributed by atoms with Crippen LogP contribution in [-0.4, -0.2) is 63.3 Å². The van der Waals surface area contributed by atoms with Crippen molar-refractivity contribution in [3.8, 4) is 0 Å². The zero-order valence-electron chi connectivity index (χ0n) is 18.8. The SMILES string of the molecule is O=C(Cn1nc(C2CN(C(=O)c3ccnc(NC4CC4)c3)C2)c2c(F)cc(F)cc21)NCC(F)(F)F. The number of hydrogen-bond donors (Lipinski definition) is 2. The molecular weight excluding hydrogens is 487 g/mol. The number of rotatable bonds is 7. The molecule has 8 nitrogen and oxygen atoms in total. The van der Waals surface area contributed by atoms with Gasteiger partial charge in [0.05, 0.1) is 16.6 Å². The lowest BCUT2D eigenvalue weighted by Crippen LogP contribution is -2.48. The summed E-state index contributed by atoms with van der Waals surface area (Å²) in [5.41, 5.74) is 0.594. The summed E-state index contributed by atoms with van der Waals surface area (Å²) in [6.45, 7) is -1.78. The molecule has 5 rings (SSSR count). The fourth-order valence-corrected chi connectivity index (χ4v) is 4.13. The topological polar surface area (TPSA) is 92.2 Å². The third-order valence-electron chi connectivity index (χ3n) is 6.07. The smallest absolute Gasteiger partial charge is 0.367 e. The zero-order chi connectivity index (χ0) is 25.6. The van der Waals surface area contributed by atoms with E-state index in [9.17, 15) is 31.5 Å². The van der Waals surface area contributed by atoms with E-state index in [2.05, 4.69) is 15.4 Å². The van der Waals surface area contributed by atoms with Crippen molar-refractivity contribution in [1.29, 1.82) is 0 Å². The van der Waals surface area contributed by atoms with Gasteiger partial charge in [0.2, 0.25) is 5.91 Å². The van der Waals surface area contributed by atoms with E-state index in [1.807, 2.05) is 0 Å². The molecule has 1 saturated carbocycles. The molecule has 0 spiro atoms. The first-order valence-corrected chi connectivity index (χ1v) is 11.3. The van der Waals surface area contributed by atoms with Crippen molar-refractivity contribution in [3.05, 3.63) is 53.4 Å². The molecular formula is C23H21F5N6O2. The van der Waals surface area contributed by atoms with Crippen LogP contribution in [0, 0.1) is 11.6 Å². The van der Waals surface area contributed by atoms with Crippen LogP contribution in [0.2, 0.25) is 0 Å². The van der Waals surface area contributed by atoms with Gasteiger partial charge in [0.25, 0.3) is 5.91 Å². The third kappa shape index (κ3) is 5.09. The largest absolute Gasteiger partial charge is 0.405 e. The summed E-state index contributed by atoms with van der Waals surface area (Å²) in [5.74, 6) is -2.86. The average molecular weight is 508 g/mol. The minimum Gasteiger partial charge on any atom is -0.367 e. The highest BCUT2D eigenvalue weighted by Crippen LogP contribution is 2.34. The van der Waals surface area contributed by atoms with E-state index in [-0.39, 0.29) is 35.6 Å². The Labute approximate surface area is 201 Å². The summed E-state index contributed by atoms with van der Waals surface area (Å²) in [6.07, 6.45) is -0.952. The first-order chi connectivity index (χ1) is 17.1. The monoisotopic (exact) mass is 508 g/mol. The second-order valence-electron chi connectivity index (χ2n) is 8.97. The van der Waals surface area contributed by atoms with Gasteiger partial charge in [-0.05, 0) is 25.0 Å². The van der Waals surface area contributed by atoms with Gasteiger partial charge >= 0.3 is 6.18 Å². The van der Waals surface area contributed by atoms with Crippen LogP contribution in [0.25, 0.3) is 10.9 Å². The molecule has 0 bridgehead atoms. The van der Waals surface area contributed by atoms with E-state index < -0.39 is 42.7 Å². The first kappa shape index (κ1) is 23.9. The van der Waals surface area contributed by atoms with Gasteiger partial charge in [-0.25, -0.2) is 13.8 Å². The van der Waals surface area contributed by atoms with Crippen molar-refractivity contribution < 1.29 is 31.5 Å². The second-order valence-corrected chi connectivity index (χ2v) is 8.97. The molecule has 2 aromatic heterocycles. The molecule has 0 unspecified atom stereocenters. The molecule has 2 amide bonds. The molecule has 2 fully saturated rings. The number of hydrogen-bond acceptors (Lipinski definition) is 5.